The molecule has 0 aliphatic carbocycles. The summed E-state index contributed by atoms with van der Waals surface area (Å²) in [5.41, 5.74) is 1.27. The van der Waals surface area contributed by atoms with Crippen molar-refractivity contribution in [2.45, 2.75) is 71.7 Å². The number of hydrogen-bond donors (Lipinski definition) is 3. The number of phenolic OH excluding ortho intramolecular Hbond substituents is 1. The third-order valence-electron chi connectivity index (χ3n) is 6.71. The van der Waals surface area contributed by atoms with Crippen molar-refractivity contribution in [1.82, 2.24) is 0 Å². The first-order chi connectivity index (χ1) is 18.9. The molecule has 0 aliphatic heterocycles. The van der Waals surface area contributed by atoms with Crippen molar-refractivity contribution in [2.24, 2.45) is 5.41 Å². The van der Waals surface area contributed by atoms with Gasteiger partial charge in [0.1, 0.15) is 17.6 Å². The molecule has 9 nitrogen and oxygen atoms in total. The predicted molar refractivity (Wildman–Crippen MR) is 152 cm³/mol. The third-order valence-corrected chi connectivity index (χ3v) is 6.71. The van der Waals surface area contributed by atoms with Crippen LogP contribution < -0.4 is 4.74 Å². The standard InChI is InChI=1S/C31H46O9/c1-7-31(19-36-16-22(2)32,20-37-17-23(3)33)21-38-18-24(4)39-29(35)40-28-14-10-26(11-15-28)30(5,6)25-8-12-27(34)13-9-25/h8-15,22-24,32-34H,7,16-21H2,1-6H3. The van der Waals surface area contributed by atoms with E-state index in [-0.39, 0.29) is 37.6 Å². The predicted octanol–water partition coefficient (Wildman–Crippen LogP) is 4.83. The largest absolute Gasteiger partial charge is 0.514 e. The minimum Gasteiger partial charge on any atom is -0.508 e. The molecule has 9 heteroatoms. The number of rotatable bonds is 17. The average Bonchev–Trinajstić information content (AvgIpc) is 2.88. The first kappa shape index (κ1) is 33.5. The monoisotopic (exact) mass is 562 g/mol. The van der Waals surface area contributed by atoms with Gasteiger partial charge >= 0.3 is 6.16 Å². The lowest BCUT2D eigenvalue weighted by molar-refractivity contribution is -0.0983. The fraction of sp³-hybridized carbons (Fsp3) is 0.581. The second-order valence-electron chi connectivity index (χ2n) is 11.1. The topological polar surface area (TPSA) is 124 Å². The van der Waals surface area contributed by atoms with E-state index in [1.54, 1.807) is 45.0 Å². The highest BCUT2D eigenvalue weighted by molar-refractivity contribution is 5.64. The molecule has 0 aromatic heterocycles. The maximum atomic E-state index is 12.4. The van der Waals surface area contributed by atoms with Crippen LogP contribution in [0.3, 0.4) is 0 Å². The van der Waals surface area contributed by atoms with Gasteiger partial charge in [0, 0.05) is 10.8 Å². The number of hydrogen-bond acceptors (Lipinski definition) is 9. The number of phenols is 1. The van der Waals surface area contributed by atoms with Gasteiger partial charge in [0.25, 0.3) is 0 Å². The van der Waals surface area contributed by atoms with Crippen molar-refractivity contribution in [3.05, 3.63) is 59.7 Å². The summed E-state index contributed by atoms with van der Waals surface area (Å²) in [7, 11) is 0. The van der Waals surface area contributed by atoms with Crippen LogP contribution in [0.1, 0.15) is 59.1 Å². The minimum absolute atomic E-state index is 0.142. The molecule has 40 heavy (non-hydrogen) atoms. The molecular weight excluding hydrogens is 516 g/mol. The van der Waals surface area contributed by atoms with Crippen LogP contribution in [0.5, 0.6) is 11.5 Å². The van der Waals surface area contributed by atoms with Crippen LogP contribution in [-0.4, -0.2) is 79.4 Å². The normalized spacial score (nSPS) is 15.6. The summed E-state index contributed by atoms with van der Waals surface area (Å²) in [5.74, 6) is 0.577. The van der Waals surface area contributed by atoms with Crippen LogP contribution in [0.2, 0.25) is 0 Å². The van der Waals surface area contributed by atoms with E-state index < -0.39 is 29.9 Å². The van der Waals surface area contributed by atoms with E-state index in [9.17, 15) is 20.1 Å². The molecular formula is C31H46O9. The molecule has 0 amide bonds. The lowest BCUT2D eigenvalue weighted by atomic mass is 9.78. The maximum Gasteiger partial charge on any atom is 0.514 e. The highest BCUT2D eigenvalue weighted by Crippen LogP contribution is 2.33. The summed E-state index contributed by atoms with van der Waals surface area (Å²) < 4.78 is 27.9. The quantitative estimate of drug-likeness (QED) is 0.184. The highest BCUT2D eigenvalue weighted by Gasteiger charge is 2.31. The zero-order valence-electron chi connectivity index (χ0n) is 24.6. The van der Waals surface area contributed by atoms with Gasteiger partial charge in [-0.2, -0.15) is 0 Å². The molecule has 0 saturated heterocycles. The summed E-state index contributed by atoms with van der Waals surface area (Å²) >= 11 is 0. The van der Waals surface area contributed by atoms with Gasteiger partial charge in [-0.3, -0.25) is 0 Å². The van der Waals surface area contributed by atoms with Crippen molar-refractivity contribution >= 4 is 6.16 Å². The van der Waals surface area contributed by atoms with E-state index in [4.69, 9.17) is 23.7 Å². The van der Waals surface area contributed by atoms with Gasteiger partial charge in [-0.05, 0) is 62.6 Å². The van der Waals surface area contributed by atoms with E-state index in [1.165, 1.54) is 0 Å². The first-order valence-corrected chi connectivity index (χ1v) is 13.7. The van der Waals surface area contributed by atoms with E-state index >= 15 is 0 Å². The van der Waals surface area contributed by atoms with Gasteiger partial charge < -0.3 is 39.0 Å². The average molecular weight is 563 g/mol. The summed E-state index contributed by atoms with van der Waals surface area (Å²) in [6.45, 7) is 12.6. The Balaban J connectivity index is 1.87. The van der Waals surface area contributed by atoms with Crippen molar-refractivity contribution < 1.29 is 43.8 Å². The molecule has 2 rings (SSSR count). The summed E-state index contributed by atoms with van der Waals surface area (Å²) in [6, 6.07) is 14.3. The molecule has 3 atom stereocenters. The Morgan fingerprint density at radius 2 is 1.23 bits per heavy atom. The van der Waals surface area contributed by atoms with Crippen LogP contribution in [0, 0.1) is 5.41 Å². The lowest BCUT2D eigenvalue weighted by Crippen LogP contribution is -2.39. The van der Waals surface area contributed by atoms with Gasteiger partial charge in [-0.1, -0.05) is 45.0 Å². The number of aromatic hydroxyl groups is 1. The molecule has 0 spiro atoms. The van der Waals surface area contributed by atoms with Crippen LogP contribution >= 0.6 is 0 Å². The second-order valence-corrected chi connectivity index (χ2v) is 11.1. The molecule has 3 unspecified atom stereocenters. The van der Waals surface area contributed by atoms with Crippen molar-refractivity contribution in [3.8, 4) is 11.5 Å². The number of carbonyl (C=O) groups excluding carboxylic acids is 1. The number of aliphatic hydroxyl groups is 2. The fourth-order valence-electron chi connectivity index (χ4n) is 4.07. The molecule has 0 aliphatic rings. The van der Waals surface area contributed by atoms with E-state index in [1.807, 2.05) is 31.2 Å². The number of carbonyl (C=O) groups is 1. The van der Waals surface area contributed by atoms with Gasteiger partial charge in [-0.15, -0.1) is 0 Å². The van der Waals surface area contributed by atoms with Crippen LogP contribution in [0.25, 0.3) is 0 Å². The SMILES string of the molecule is CCC(COCC(C)O)(COCC(C)O)COCC(C)OC(=O)Oc1ccc(C(C)(C)c2ccc(O)cc2)cc1. The summed E-state index contributed by atoms with van der Waals surface area (Å²) in [4.78, 5) is 12.4. The highest BCUT2D eigenvalue weighted by atomic mass is 16.7. The van der Waals surface area contributed by atoms with Crippen molar-refractivity contribution in [3.63, 3.8) is 0 Å². The molecule has 2 aromatic carbocycles. The smallest absolute Gasteiger partial charge is 0.508 e. The molecule has 2 aromatic rings. The van der Waals surface area contributed by atoms with Crippen molar-refractivity contribution in [1.29, 1.82) is 0 Å². The van der Waals surface area contributed by atoms with Crippen LogP contribution in [0.4, 0.5) is 4.79 Å². The molecule has 0 heterocycles. The second kappa shape index (κ2) is 15.9. The summed E-state index contributed by atoms with van der Waals surface area (Å²) in [6.07, 6.45) is -1.88. The van der Waals surface area contributed by atoms with Gasteiger partial charge in [-0.25, -0.2) is 4.79 Å². The molecule has 0 fully saturated rings. The Bertz CT molecular complexity index is 986. The van der Waals surface area contributed by atoms with Gasteiger partial charge in [0.05, 0.1) is 51.8 Å². The molecule has 0 radical (unpaired) electrons. The Labute approximate surface area is 238 Å². The van der Waals surface area contributed by atoms with E-state index in [0.717, 1.165) is 11.1 Å². The number of aliphatic hydroxyl groups excluding tert-OH is 2. The molecule has 3 N–H and O–H groups in total. The zero-order chi connectivity index (χ0) is 29.8. The first-order valence-electron chi connectivity index (χ1n) is 13.7. The fourth-order valence-corrected chi connectivity index (χ4v) is 4.07. The van der Waals surface area contributed by atoms with E-state index in [0.29, 0.717) is 25.4 Å². The molecule has 224 valence electrons. The maximum absolute atomic E-state index is 12.4. The van der Waals surface area contributed by atoms with Crippen molar-refractivity contribution in [2.75, 3.05) is 39.6 Å². The molecule has 0 saturated carbocycles. The number of ether oxygens (including phenoxy) is 5. The number of benzene rings is 2. The van der Waals surface area contributed by atoms with Gasteiger partial charge in [0.2, 0.25) is 0 Å². The van der Waals surface area contributed by atoms with Gasteiger partial charge in [0.15, 0.2) is 0 Å². The Morgan fingerprint density at radius 3 is 1.68 bits per heavy atom. The summed E-state index contributed by atoms with van der Waals surface area (Å²) in [5, 5.41) is 28.6. The third kappa shape index (κ3) is 11.1. The van der Waals surface area contributed by atoms with Crippen LogP contribution in [-0.2, 0) is 24.4 Å². The van der Waals surface area contributed by atoms with Crippen LogP contribution in [0.15, 0.2) is 48.5 Å². The minimum atomic E-state index is -0.830. The Kier molecular flexibility index (Phi) is 13.3. The van der Waals surface area contributed by atoms with E-state index in [2.05, 4.69) is 13.8 Å². The zero-order valence-corrected chi connectivity index (χ0v) is 24.6. The molecule has 0 bridgehead atoms. The Morgan fingerprint density at radius 1 is 0.775 bits per heavy atom. The Hall–Kier alpha value is -2.69. The lowest BCUT2D eigenvalue weighted by Gasteiger charge is -2.33.